The largest absolute Gasteiger partial charge is 0.505 e. The number of esters is 1. The van der Waals surface area contributed by atoms with Gasteiger partial charge in [0.2, 0.25) is 5.76 Å². The molecular weight excluding hydrogens is 180 g/mol. The Balaban J connectivity index is 2.84. The number of aliphatic hydroxyl groups excluding tert-OH is 3. The molecule has 0 bridgehead atoms. The number of hydrogen-bond acceptors (Lipinski definition) is 6. The molecule has 0 aromatic heterocycles. The number of carbonyl (C=O) groups is 1. The van der Waals surface area contributed by atoms with Crippen molar-refractivity contribution in [3.8, 4) is 0 Å². The molecule has 1 aliphatic rings. The van der Waals surface area contributed by atoms with E-state index in [0.29, 0.717) is 0 Å². The highest BCUT2D eigenvalue weighted by molar-refractivity contribution is 5.89. The van der Waals surface area contributed by atoms with Crippen molar-refractivity contribution < 1.29 is 29.6 Å². The van der Waals surface area contributed by atoms with Crippen molar-refractivity contribution in [3.05, 3.63) is 11.5 Å². The molecule has 13 heavy (non-hydrogen) atoms. The highest BCUT2D eigenvalue weighted by atomic mass is 16.6. The van der Waals surface area contributed by atoms with Crippen LogP contribution in [0.4, 0.5) is 0 Å². The number of cyclic esters (lactones) is 1. The third-order valence-corrected chi connectivity index (χ3v) is 1.66. The van der Waals surface area contributed by atoms with Gasteiger partial charge in [-0.25, -0.2) is 4.79 Å². The van der Waals surface area contributed by atoms with Crippen molar-refractivity contribution in [2.75, 3.05) is 13.7 Å². The molecule has 0 aliphatic carbocycles. The fraction of sp³-hybridized carbons (Fsp3) is 0.571. The van der Waals surface area contributed by atoms with Crippen molar-refractivity contribution in [1.82, 2.24) is 0 Å². The van der Waals surface area contributed by atoms with Gasteiger partial charge in [-0.15, -0.1) is 0 Å². The van der Waals surface area contributed by atoms with Crippen LogP contribution in [0.1, 0.15) is 0 Å². The molecule has 1 rings (SSSR count). The van der Waals surface area contributed by atoms with Crippen molar-refractivity contribution in [2.45, 2.75) is 12.2 Å². The first-order chi connectivity index (χ1) is 6.11. The summed E-state index contributed by atoms with van der Waals surface area (Å²) in [5.74, 6) is -1.68. The summed E-state index contributed by atoms with van der Waals surface area (Å²) >= 11 is 0. The first kappa shape index (κ1) is 9.82. The number of ether oxygens (including phenoxy) is 2. The van der Waals surface area contributed by atoms with Crippen LogP contribution in [0.5, 0.6) is 0 Å². The van der Waals surface area contributed by atoms with Gasteiger partial charge < -0.3 is 24.8 Å². The predicted octanol–water partition coefficient (Wildman–Crippen LogP) is -1.32. The lowest BCUT2D eigenvalue weighted by Crippen LogP contribution is -2.31. The zero-order valence-electron chi connectivity index (χ0n) is 6.93. The van der Waals surface area contributed by atoms with E-state index >= 15 is 0 Å². The molecule has 2 atom stereocenters. The van der Waals surface area contributed by atoms with Gasteiger partial charge in [0.1, 0.15) is 6.10 Å². The van der Waals surface area contributed by atoms with Gasteiger partial charge in [0.25, 0.3) is 0 Å². The summed E-state index contributed by atoms with van der Waals surface area (Å²) in [4.78, 5) is 10.9. The second-order valence-electron chi connectivity index (χ2n) is 2.49. The minimum Gasteiger partial charge on any atom is -0.505 e. The molecule has 0 fully saturated rings. The Kier molecular flexibility index (Phi) is 2.74. The molecule has 74 valence electrons. The molecule has 1 heterocycles. The molecule has 6 heteroatoms. The van der Waals surface area contributed by atoms with Crippen molar-refractivity contribution in [2.24, 2.45) is 0 Å². The standard InChI is InChI=1S/C7H10O6/c1-12-6-4(10)5(3(9)2-8)13-7(6)11/h3,5,8-10H,2H2,1H3. The van der Waals surface area contributed by atoms with Crippen LogP contribution < -0.4 is 0 Å². The number of hydrogen-bond donors (Lipinski definition) is 3. The molecule has 0 aromatic carbocycles. The Morgan fingerprint density at radius 2 is 2.31 bits per heavy atom. The van der Waals surface area contributed by atoms with Crippen LogP contribution in [0.2, 0.25) is 0 Å². The summed E-state index contributed by atoms with van der Waals surface area (Å²) in [5.41, 5.74) is 0. The van der Waals surface area contributed by atoms with Gasteiger partial charge in [0, 0.05) is 0 Å². The summed E-state index contributed by atoms with van der Waals surface area (Å²) in [6, 6.07) is 0. The Bertz CT molecular complexity index is 245. The van der Waals surface area contributed by atoms with Crippen LogP contribution in [-0.4, -0.2) is 47.2 Å². The van der Waals surface area contributed by atoms with Gasteiger partial charge >= 0.3 is 5.97 Å². The Hall–Kier alpha value is -1.27. The molecule has 6 nitrogen and oxygen atoms in total. The molecule has 1 aliphatic heterocycles. The van der Waals surface area contributed by atoms with E-state index in [2.05, 4.69) is 9.47 Å². The summed E-state index contributed by atoms with van der Waals surface area (Å²) in [7, 11) is 1.19. The minimum atomic E-state index is -1.34. The summed E-state index contributed by atoms with van der Waals surface area (Å²) < 4.78 is 9.05. The lowest BCUT2D eigenvalue weighted by Gasteiger charge is -2.13. The van der Waals surface area contributed by atoms with Crippen LogP contribution in [0.3, 0.4) is 0 Å². The van der Waals surface area contributed by atoms with Gasteiger partial charge in [-0.05, 0) is 0 Å². The average Bonchev–Trinajstić information content (AvgIpc) is 2.40. The minimum absolute atomic E-state index is 0.336. The van der Waals surface area contributed by atoms with Crippen LogP contribution in [0.25, 0.3) is 0 Å². The highest BCUT2D eigenvalue weighted by Gasteiger charge is 2.39. The zero-order valence-corrected chi connectivity index (χ0v) is 6.93. The van der Waals surface area contributed by atoms with E-state index in [1.807, 2.05) is 0 Å². The molecule has 0 radical (unpaired) electrons. The zero-order chi connectivity index (χ0) is 10.0. The molecule has 0 spiro atoms. The van der Waals surface area contributed by atoms with Crippen LogP contribution in [0, 0.1) is 0 Å². The van der Waals surface area contributed by atoms with Crippen LogP contribution in [0.15, 0.2) is 11.5 Å². The van der Waals surface area contributed by atoms with Crippen molar-refractivity contribution in [3.63, 3.8) is 0 Å². The van der Waals surface area contributed by atoms with Gasteiger partial charge in [0.15, 0.2) is 11.9 Å². The predicted molar refractivity (Wildman–Crippen MR) is 39.6 cm³/mol. The molecule has 0 amide bonds. The second-order valence-corrected chi connectivity index (χ2v) is 2.49. The lowest BCUT2D eigenvalue weighted by molar-refractivity contribution is -0.148. The fourth-order valence-electron chi connectivity index (χ4n) is 1.00. The normalized spacial score (nSPS) is 24.5. The fourth-order valence-corrected chi connectivity index (χ4v) is 1.00. The first-order valence-electron chi connectivity index (χ1n) is 3.58. The van der Waals surface area contributed by atoms with Crippen molar-refractivity contribution in [1.29, 1.82) is 0 Å². The average molecular weight is 190 g/mol. The van der Waals surface area contributed by atoms with E-state index < -0.39 is 30.5 Å². The van der Waals surface area contributed by atoms with Gasteiger partial charge in [-0.2, -0.15) is 0 Å². The summed E-state index contributed by atoms with van der Waals surface area (Å²) in [6.45, 7) is -0.612. The van der Waals surface area contributed by atoms with Crippen molar-refractivity contribution >= 4 is 5.97 Å². The quantitative estimate of drug-likeness (QED) is 0.478. The molecule has 0 aromatic rings. The Morgan fingerprint density at radius 1 is 1.69 bits per heavy atom. The highest BCUT2D eigenvalue weighted by Crippen LogP contribution is 2.23. The van der Waals surface area contributed by atoms with E-state index in [0.717, 1.165) is 0 Å². The topological polar surface area (TPSA) is 96.2 Å². The van der Waals surface area contributed by atoms with E-state index in [4.69, 9.17) is 10.2 Å². The van der Waals surface area contributed by atoms with Gasteiger partial charge in [0.05, 0.1) is 13.7 Å². The SMILES string of the molecule is COC1=C(O)C(C(O)CO)OC1=O. The molecular formula is C7H10O6. The maximum atomic E-state index is 10.9. The first-order valence-corrected chi connectivity index (χ1v) is 3.58. The third-order valence-electron chi connectivity index (χ3n) is 1.66. The van der Waals surface area contributed by atoms with Crippen LogP contribution >= 0.6 is 0 Å². The monoisotopic (exact) mass is 190 g/mol. The number of rotatable bonds is 3. The maximum absolute atomic E-state index is 10.9. The van der Waals surface area contributed by atoms with Crippen LogP contribution in [-0.2, 0) is 14.3 Å². The Morgan fingerprint density at radius 3 is 2.69 bits per heavy atom. The van der Waals surface area contributed by atoms with E-state index in [1.165, 1.54) is 7.11 Å². The maximum Gasteiger partial charge on any atom is 0.378 e. The van der Waals surface area contributed by atoms with E-state index in [-0.39, 0.29) is 5.76 Å². The second kappa shape index (κ2) is 3.63. The molecule has 3 N–H and O–H groups in total. The van der Waals surface area contributed by atoms with Gasteiger partial charge in [-0.1, -0.05) is 0 Å². The lowest BCUT2D eigenvalue weighted by atomic mass is 10.2. The smallest absolute Gasteiger partial charge is 0.378 e. The molecule has 0 saturated carbocycles. The van der Waals surface area contributed by atoms with Gasteiger partial charge in [-0.3, -0.25) is 0 Å². The Labute approximate surface area is 74.0 Å². The summed E-state index contributed by atoms with van der Waals surface area (Å²) in [5, 5.41) is 26.9. The number of carbonyl (C=O) groups excluding carboxylic acids is 1. The van der Waals surface area contributed by atoms with E-state index in [1.54, 1.807) is 0 Å². The number of aliphatic hydroxyl groups is 3. The molecule has 0 saturated heterocycles. The number of methoxy groups -OCH3 is 1. The molecule has 2 unspecified atom stereocenters. The third kappa shape index (κ3) is 1.58. The van der Waals surface area contributed by atoms with E-state index in [9.17, 15) is 9.90 Å². The summed E-state index contributed by atoms with van der Waals surface area (Å²) in [6.07, 6.45) is -2.57.